The summed E-state index contributed by atoms with van der Waals surface area (Å²) in [6.45, 7) is 0. The third-order valence-corrected chi connectivity index (χ3v) is 3.65. The Labute approximate surface area is 123 Å². The summed E-state index contributed by atoms with van der Waals surface area (Å²) in [5.41, 5.74) is 4.97. The number of methoxy groups -OCH3 is 1. The predicted molar refractivity (Wildman–Crippen MR) is 83.9 cm³/mol. The van der Waals surface area contributed by atoms with Crippen molar-refractivity contribution in [1.82, 2.24) is 10.4 Å². The number of ether oxygens (including phenoxy) is 1. The van der Waals surface area contributed by atoms with Crippen LogP contribution in [0, 0.1) is 0 Å². The fourth-order valence-electron chi connectivity index (χ4n) is 2.65. The van der Waals surface area contributed by atoms with Crippen LogP contribution in [0.15, 0.2) is 60.9 Å². The molecule has 0 aliphatic carbocycles. The second-order valence-corrected chi connectivity index (χ2v) is 4.79. The zero-order chi connectivity index (χ0) is 14.7. The average Bonchev–Trinajstić information content (AvgIpc) is 2.56. The lowest BCUT2D eigenvalue weighted by Gasteiger charge is -2.20. The standard InChI is InChI=1S/C17H17N3O/c1-21-16-11-19-10-9-15(16)17(20-18)14-8-4-6-12-5-2-3-7-13(12)14/h2-11,17,20H,18H2,1H3. The molecule has 4 nitrogen and oxygen atoms in total. The van der Waals surface area contributed by atoms with Crippen LogP contribution >= 0.6 is 0 Å². The van der Waals surface area contributed by atoms with Gasteiger partial charge in [-0.3, -0.25) is 10.8 Å². The third-order valence-electron chi connectivity index (χ3n) is 3.65. The van der Waals surface area contributed by atoms with Crippen molar-refractivity contribution in [3.05, 3.63) is 72.1 Å². The molecule has 2 aromatic carbocycles. The molecule has 0 aliphatic heterocycles. The average molecular weight is 279 g/mol. The molecule has 0 bridgehead atoms. The van der Waals surface area contributed by atoms with Crippen LogP contribution in [0.2, 0.25) is 0 Å². The van der Waals surface area contributed by atoms with E-state index < -0.39 is 0 Å². The number of hydrazine groups is 1. The number of hydrogen-bond donors (Lipinski definition) is 2. The first kappa shape index (κ1) is 13.5. The van der Waals surface area contributed by atoms with Gasteiger partial charge in [-0.25, -0.2) is 5.43 Å². The lowest BCUT2D eigenvalue weighted by Crippen LogP contribution is -2.29. The Bertz CT molecular complexity index is 752. The molecule has 106 valence electrons. The minimum Gasteiger partial charge on any atom is -0.495 e. The molecular weight excluding hydrogens is 262 g/mol. The summed E-state index contributed by atoms with van der Waals surface area (Å²) in [5.74, 6) is 6.54. The first-order valence-electron chi connectivity index (χ1n) is 6.77. The van der Waals surface area contributed by atoms with Crippen molar-refractivity contribution < 1.29 is 4.74 Å². The van der Waals surface area contributed by atoms with E-state index in [2.05, 4.69) is 34.7 Å². The van der Waals surface area contributed by atoms with Crippen LogP contribution in [0.4, 0.5) is 0 Å². The minimum atomic E-state index is -0.158. The highest BCUT2D eigenvalue weighted by Gasteiger charge is 2.18. The van der Waals surface area contributed by atoms with Crippen molar-refractivity contribution >= 4 is 10.8 Å². The number of nitrogens with one attached hydrogen (secondary N) is 1. The van der Waals surface area contributed by atoms with E-state index in [0.29, 0.717) is 5.75 Å². The van der Waals surface area contributed by atoms with E-state index in [1.165, 1.54) is 10.8 Å². The molecular formula is C17H17N3O. The maximum Gasteiger partial charge on any atom is 0.142 e. The van der Waals surface area contributed by atoms with Crippen molar-refractivity contribution in [2.75, 3.05) is 7.11 Å². The van der Waals surface area contributed by atoms with Crippen LogP contribution in [0.5, 0.6) is 5.75 Å². The zero-order valence-corrected chi connectivity index (χ0v) is 11.8. The fraction of sp³-hybridized carbons (Fsp3) is 0.118. The quantitative estimate of drug-likeness (QED) is 0.569. The van der Waals surface area contributed by atoms with Crippen LogP contribution in [0.3, 0.4) is 0 Å². The Morgan fingerprint density at radius 3 is 2.67 bits per heavy atom. The molecule has 3 N–H and O–H groups in total. The molecule has 1 unspecified atom stereocenters. The van der Waals surface area contributed by atoms with E-state index in [4.69, 9.17) is 10.6 Å². The number of pyridine rings is 1. The van der Waals surface area contributed by atoms with E-state index in [1.807, 2.05) is 24.3 Å². The van der Waals surface area contributed by atoms with Crippen LogP contribution in [0.25, 0.3) is 10.8 Å². The maximum atomic E-state index is 5.83. The number of rotatable bonds is 4. The highest BCUT2D eigenvalue weighted by molar-refractivity contribution is 5.86. The zero-order valence-electron chi connectivity index (χ0n) is 11.8. The first-order chi connectivity index (χ1) is 10.3. The molecule has 0 fully saturated rings. The summed E-state index contributed by atoms with van der Waals surface area (Å²) < 4.78 is 5.40. The normalized spacial score (nSPS) is 12.3. The Morgan fingerprint density at radius 1 is 1.05 bits per heavy atom. The van der Waals surface area contributed by atoms with Gasteiger partial charge in [0.05, 0.1) is 19.3 Å². The lowest BCUT2D eigenvalue weighted by molar-refractivity contribution is 0.402. The number of aromatic nitrogens is 1. The Kier molecular flexibility index (Phi) is 3.81. The van der Waals surface area contributed by atoms with Crippen molar-refractivity contribution in [3.8, 4) is 5.75 Å². The Balaban J connectivity index is 2.19. The smallest absolute Gasteiger partial charge is 0.142 e. The van der Waals surface area contributed by atoms with Gasteiger partial charge in [-0.1, -0.05) is 42.5 Å². The molecule has 1 aromatic heterocycles. The summed E-state index contributed by atoms with van der Waals surface area (Å²) in [7, 11) is 1.64. The van der Waals surface area contributed by atoms with Gasteiger partial charge in [0.25, 0.3) is 0 Å². The molecule has 21 heavy (non-hydrogen) atoms. The van der Waals surface area contributed by atoms with Gasteiger partial charge < -0.3 is 4.74 Å². The molecule has 0 aliphatic rings. The van der Waals surface area contributed by atoms with Gasteiger partial charge in [0.15, 0.2) is 0 Å². The van der Waals surface area contributed by atoms with E-state index in [1.54, 1.807) is 19.5 Å². The van der Waals surface area contributed by atoms with E-state index in [9.17, 15) is 0 Å². The molecule has 0 saturated carbocycles. The second-order valence-electron chi connectivity index (χ2n) is 4.79. The van der Waals surface area contributed by atoms with Crippen molar-refractivity contribution in [1.29, 1.82) is 0 Å². The lowest BCUT2D eigenvalue weighted by atomic mass is 9.94. The van der Waals surface area contributed by atoms with Gasteiger partial charge in [-0.2, -0.15) is 0 Å². The largest absolute Gasteiger partial charge is 0.495 e. The predicted octanol–water partition coefficient (Wildman–Crippen LogP) is 2.80. The third kappa shape index (κ3) is 2.46. The van der Waals surface area contributed by atoms with Gasteiger partial charge in [0.2, 0.25) is 0 Å². The van der Waals surface area contributed by atoms with E-state index >= 15 is 0 Å². The van der Waals surface area contributed by atoms with Crippen molar-refractivity contribution in [3.63, 3.8) is 0 Å². The molecule has 0 radical (unpaired) electrons. The number of nitrogens with zero attached hydrogens (tertiary/aromatic N) is 1. The van der Waals surface area contributed by atoms with Crippen molar-refractivity contribution in [2.45, 2.75) is 6.04 Å². The van der Waals surface area contributed by atoms with Crippen molar-refractivity contribution in [2.24, 2.45) is 5.84 Å². The molecule has 1 atom stereocenters. The van der Waals surface area contributed by atoms with Gasteiger partial charge in [0, 0.05) is 11.8 Å². The number of nitrogens with two attached hydrogens (primary N) is 1. The van der Waals surface area contributed by atoms with Gasteiger partial charge in [-0.15, -0.1) is 0 Å². The molecule has 3 aromatic rings. The Hall–Kier alpha value is -2.43. The fourth-order valence-corrected chi connectivity index (χ4v) is 2.65. The highest BCUT2D eigenvalue weighted by atomic mass is 16.5. The van der Waals surface area contributed by atoms with Gasteiger partial charge in [0.1, 0.15) is 5.75 Å². The van der Waals surface area contributed by atoms with Crippen LogP contribution < -0.4 is 16.0 Å². The molecule has 3 rings (SSSR count). The van der Waals surface area contributed by atoms with Crippen LogP contribution in [0.1, 0.15) is 17.2 Å². The van der Waals surface area contributed by atoms with Gasteiger partial charge >= 0.3 is 0 Å². The highest BCUT2D eigenvalue weighted by Crippen LogP contribution is 2.32. The SMILES string of the molecule is COc1cnccc1C(NN)c1cccc2ccccc12. The van der Waals surface area contributed by atoms with Gasteiger partial charge in [-0.05, 0) is 22.4 Å². The number of fused-ring (bicyclic) bond motifs is 1. The second kappa shape index (κ2) is 5.91. The summed E-state index contributed by atoms with van der Waals surface area (Å²) in [5, 5.41) is 2.35. The summed E-state index contributed by atoms with van der Waals surface area (Å²) in [6, 6.07) is 16.2. The molecule has 4 heteroatoms. The summed E-state index contributed by atoms with van der Waals surface area (Å²) in [6.07, 6.45) is 3.44. The number of benzene rings is 2. The van der Waals surface area contributed by atoms with E-state index in [-0.39, 0.29) is 6.04 Å². The Morgan fingerprint density at radius 2 is 1.86 bits per heavy atom. The minimum absolute atomic E-state index is 0.158. The van der Waals surface area contributed by atoms with E-state index in [0.717, 1.165) is 11.1 Å². The molecule has 0 saturated heterocycles. The molecule has 0 spiro atoms. The van der Waals surface area contributed by atoms with Crippen LogP contribution in [-0.4, -0.2) is 12.1 Å². The first-order valence-corrected chi connectivity index (χ1v) is 6.77. The topological polar surface area (TPSA) is 60.2 Å². The molecule has 0 amide bonds. The van der Waals surface area contributed by atoms with Crippen LogP contribution in [-0.2, 0) is 0 Å². The summed E-state index contributed by atoms with van der Waals surface area (Å²) >= 11 is 0. The molecule has 1 heterocycles. The number of hydrogen-bond acceptors (Lipinski definition) is 4. The summed E-state index contributed by atoms with van der Waals surface area (Å²) in [4.78, 5) is 4.10. The maximum absolute atomic E-state index is 5.83. The monoisotopic (exact) mass is 279 g/mol.